The standard InChI is InChI=1S/C25H19ClF6N2O3/c1-23(2)17(12-19(26)24(27,28)29)20(23)21(35)37-18(13-33)14-7-6-10-16(11-14)34(22(36)25(30,31)32)15-8-4-3-5-9-15/h3-12,17-18,20H,1-2H3. The number of anilines is 2. The molecule has 0 bridgehead atoms. The van der Waals surface area contributed by atoms with Crippen LogP contribution >= 0.6 is 11.6 Å². The fourth-order valence-corrected chi connectivity index (χ4v) is 4.10. The second kappa shape index (κ2) is 10.1. The lowest BCUT2D eigenvalue weighted by Gasteiger charge is -2.25. The van der Waals surface area contributed by atoms with E-state index in [9.17, 15) is 41.2 Å². The zero-order valence-corrected chi connectivity index (χ0v) is 20.0. The van der Waals surface area contributed by atoms with Crippen molar-refractivity contribution in [3.05, 3.63) is 71.3 Å². The lowest BCUT2D eigenvalue weighted by molar-refractivity contribution is -0.169. The van der Waals surface area contributed by atoms with E-state index in [1.807, 2.05) is 0 Å². The Hall–Kier alpha value is -3.52. The van der Waals surface area contributed by atoms with Gasteiger partial charge < -0.3 is 4.74 Å². The lowest BCUT2D eigenvalue weighted by Crippen LogP contribution is -2.38. The van der Waals surface area contributed by atoms with Crippen LogP contribution in [0, 0.1) is 28.6 Å². The molecule has 196 valence electrons. The van der Waals surface area contributed by atoms with Crippen LogP contribution in [-0.2, 0) is 14.3 Å². The molecule has 1 fully saturated rings. The molecule has 0 spiro atoms. The SMILES string of the molecule is CC1(C)C(C=C(Cl)C(F)(F)F)C1C(=O)OC(C#N)c1cccc(N(C(=O)C(F)(F)F)c2ccccc2)c1. The van der Waals surface area contributed by atoms with Crippen LogP contribution in [0.2, 0.25) is 0 Å². The summed E-state index contributed by atoms with van der Waals surface area (Å²) in [4.78, 5) is 25.4. The third-order valence-corrected chi connectivity index (χ3v) is 6.34. The Morgan fingerprint density at radius 1 is 1.03 bits per heavy atom. The summed E-state index contributed by atoms with van der Waals surface area (Å²) >= 11 is 5.29. The summed E-state index contributed by atoms with van der Waals surface area (Å²) in [5, 5.41) is 8.21. The Morgan fingerprint density at radius 3 is 2.16 bits per heavy atom. The molecule has 3 rings (SSSR count). The average molecular weight is 545 g/mol. The Kier molecular flexibility index (Phi) is 7.65. The molecule has 0 N–H and O–H groups in total. The Bertz CT molecular complexity index is 1250. The Morgan fingerprint density at radius 2 is 1.62 bits per heavy atom. The number of para-hydroxylation sites is 1. The van der Waals surface area contributed by atoms with Crippen LogP contribution in [0.5, 0.6) is 0 Å². The first kappa shape index (κ1) is 28.1. The van der Waals surface area contributed by atoms with Gasteiger partial charge in [-0.25, -0.2) is 0 Å². The number of ether oxygens (including phenoxy) is 1. The number of alkyl halides is 6. The van der Waals surface area contributed by atoms with E-state index in [1.54, 1.807) is 12.1 Å². The highest BCUT2D eigenvalue weighted by molar-refractivity contribution is 6.30. The maximum absolute atomic E-state index is 13.3. The molecule has 2 aromatic carbocycles. The van der Waals surface area contributed by atoms with Crippen LogP contribution in [0.1, 0.15) is 25.5 Å². The molecule has 0 heterocycles. The van der Waals surface area contributed by atoms with Gasteiger partial charge in [0.1, 0.15) is 11.1 Å². The van der Waals surface area contributed by atoms with Gasteiger partial charge in [-0.1, -0.05) is 61.9 Å². The summed E-state index contributed by atoms with van der Waals surface area (Å²) in [6, 6.07) is 13.6. The van der Waals surface area contributed by atoms with Gasteiger partial charge in [0.25, 0.3) is 0 Å². The third-order valence-electron chi connectivity index (χ3n) is 6.00. The van der Waals surface area contributed by atoms with E-state index in [0.29, 0.717) is 4.90 Å². The van der Waals surface area contributed by atoms with E-state index < -0.39 is 52.6 Å². The summed E-state index contributed by atoms with van der Waals surface area (Å²) in [5.41, 5.74) is -1.31. The maximum atomic E-state index is 13.3. The van der Waals surface area contributed by atoms with Crippen molar-refractivity contribution in [3.8, 4) is 6.07 Å². The number of esters is 1. The topological polar surface area (TPSA) is 70.4 Å². The molecule has 3 unspecified atom stereocenters. The third kappa shape index (κ3) is 6.07. The molecule has 37 heavy (non-hydrogen) atoms. The van der Waals surface area contributed by atoms with E-state index in [4.69, 9.17) is 16.3 Å². The second-order valence-electron chi connectivity index (χ2n) is 8.85. The van der Waals surface area contributed by atoms with Crippen molar-refractivity contribution in [1.82, 2.24) is 0 Å². The van der Waals surface area contributed by atoms with E-state index in [2.05, 4.69) is 0 Å². The van der Waals surface area contributed by atoms with Crippen LogP contribution in [0.3, 0.4) is 0 Å². The van der Waals surface area contributed by atoms with E-state index >= 15 is 0 Å². The largest absolute Gasteiger partial charge is 0.472 e. The van der Waals surface area contributed by atoms with Crippen molar-refractivity contribution in [2.45, 2.75) is 32.3 Å². The first-order chi connectivity index (χ1) is 17.1. The summed E-state index contributed by atoms with van der Waals surface area (Å²) in [6.45, 7) is 3.06. The van der Waals surface area contributed by atoms with Gasteiger partial charge in [-0.3, -0.25) is 14.5 Å². The summed E-state index contributed by atoms with van der Waals surface area (Å²) in [5.74, 6) is -5.09. The van der Waals surface area contributed by atoms with Gasteiger partial charge in [0, 0.05) is 16.9 Å². The van der Waals surface area contributed by atoms with Gasteiger partial charge in [-0.2, -0.15) is 31.6 Å². The number of halogens is 7. The molecule has 2 aromatic rings. The van der Waals surface area contributed by atoms with Gasteiger partial charge in [0.2, 0.25) is 6.10 Å². The molecule has 0 saturated heterocycles. The zero-order chi connectivity index (χ0) is 27.8. The van der Waals surface area contributed by atoms with Crippen LogP contribution in [0.15, 0.2) is 65.7 Å². The zero-order valence-electron chi connectivity index (χ0n) is 19.3. The van der Waals surface area contributed by atoms with Crippen LogP contribution in [0.25, 0.3) is 0 Å². The molecule has 0 radical (unpaired) electrons. The van der Waals surface area contributed by atoms with Gasteiger partial charge in [-0.05, 0) is 35.6 Å². The van der Waals surface area contributed by atoms with Crippen molar-refractivity contribution < 1.29 is 40.7 Å². The Balaban J connectivity index is 1.88. The fraction of sp³-hybridized carbons (Fsp3) is 0.320. The quantitative estimate of drug-likeness (QED) is 0.291. The minimum Gasteiger partial charge on any atom is -0.442 e. The molecule has 0 aliphatic heterocycles. The molecular formula is C25H19ClF6N2O3. The van der Waals surface area contributed by atoms with E-state index in [-0.39, 0.29) is 16.9 Å². The van der Waals surface area contributed by atoms with Crippen molar-refractivity contribution >= 4 is 34.9 Å². The molecule has 0 aromatic heterocycles. The number of carbonyl (C=O) groups is 2. The average Bonchev–Trinajstić information content (AvgIpc) is 3.36. The molecular weight excluding hydrogens is 526 g/mol. The highest BCUT2D eigenvalue weighted by atomic mass is 35.5. The number of benzene rings is 2. The van der Waals surface area contributed by atoms with Gasteiger partial charge in [0.15, 0.2) is 0 Å². The number of carbonyl (C=O) groups excluding carboxylic acids is 2. The second-order valence-corrected chi connectivity index (χ2v) is 9.26. The van der Waals surface area contributed by atoms with Gasteiger partial charge in [0.05, 0.1) is 5.92 Å². The number of allylic oxidation sites excluding steroid dienone is 2. The Labute approximate surface area is 212 Å². The molecule has 1 saturated carbocycles. The van der Waals surface area contributed by atoms with E-state index in [0.717, 1.165) is 12.1 Å². The first-order valence-corrected chi connectivity index (χ1v) is 11.1. The summed E-state index contributed by atoms with van der Waals surface area (Å²) in [6.07, 6.45) is -10.9. The molecule has 1 aliphatic rings. The number of amides is 1. The minimum atomic E-state index is -5.22. The van der Waals surface area contributed by atoms with Crippen LogP contribution < -0.4 is 4.90 Å². The summed E-state index contributed by atoms with van der Waals surface area (Å²) in [7, 11) is 0. The van der Waals surface area contributed by atoms with Crippen molar-refractivity contribution in [3.63, 3.8) is 0 Å². The van der Waals surface area contributed by atoms with Crippen LogP contribution in [-0.4, -0.2) is 24.2 Å². The maximum Gasteiger partial charge on any atom is 0.472 e. The predicted octanol–water partition coefficient (Wildman–Crippen LogP) is 6.98. The van der Waals surface area contributed by atoms with Crippen LogP contribution in [0.4, 0.5) is 37.7 Å². The number of hydrogen-bond acceptors (Lipinski definition) is 4. The van der Waals surface area contributed by atoms with Crippen molar-refractivity contribution in [2.24, 2.45) is 17.3 Å². The highest BCUT2D eigenvalue weighted by Crippen LogP contribution is 2.60. The number of nitriles is 1. The van der Waals surface area contributed by atoms with E-state index in [1.165, 1.54) is 56.3 Å². The fourth-order valence-electron chi connectivity index (χ4n) is 3.96. The molecule has 1 aliphatic carbocycles. The number of rotatable bonds is 6. The molecule has 1 amide bonds. The monoisotopic (exact) mass is 544 g/mol. The first-order valence-electron chi connectivity index (χ1n) is 10.7. The predicted molar refractivity (Wildman–Crippen MR) is 121 cm³/mol. The minimum absolute atomic E-state index is 0.0388. The molecule has 3 atom stereocenters. The highest BCUT2D eigenvalue weighted by Gasteiger charge is 2.62. The van der Waals surface area contributed by atoms with Gasteiger partial charge >= 0.3 is 24.2 Å². The van der Waals surface area contributed by atoms with Crippen molar-refractivity contribution in [2.75, 3.05) is 4.90 Å². The van der Waals surface area contributed by atoms with Gasteiger partial charge in [-0.15, -0.1) is 0 Å². The number of nitrogens with zero attached hydrogens (tertiary/aromatic N) is 2. The molecule has 12 heteroatoms. The van der Waals surface area contributed by atoms with Crippen molar-refractivity contribution in [1.29, 1.82) is 5.26 Å². The normalized spacial score (nSPS) is 19.9. The summed E-state index contributed by atoms with van der Waals surface area (Å²) < 4.78 is 83.7. The molecule has 5 nitrogen and oxygen atoms in total. The smallest absolute Gasteiger partial charge is 0.442 e. The number of hydrogen-bond donors (Lipinski definition) is 0. The lowest BCUT2D eigenvalue weighted by atomic mass is 10.1.